The SMILES string of the molecule is COC(=O)c1ccc(NC(=O)CSc2nc3scc(-c4ccc5c(c4)CCCC5)c3c(=O)[nH]2)cc1. The van der Waals surface area contributed by atoms with Crippen LogP contribution in [0.1, 0.15) is 34.3 Å². The Balaban J connectivity index is 1.28. The number of nitrogens with one attached hydrogen (secondary N) is 2. The van der Waals surface area contributed by atoms with Crippen LogP contribution in [-0.2, 0) is 22.4 Å². The molecule has 0 saturated heterocycles. The van der Waals surface area contributed by atoms with Crippen LogP contribution in [0.15, 0.2) is 57.8 Å². The van der Waals surface area contributed by atoms with Gasteiger partial charge in [-0.05, 0) is 66.6 Å². The van der Waals surface area contributed by atoms with Gasteiger partial charge in [-0.3, -0.25) is 9.59 Å². The zero-order valence-corrected chi connectivity index (χ0v) is 20.7. The van der Waals surface area contributed by atoms with Crippen molar-refractivity contribution in [1.29, 1.82) is 0 Å². The summed E-state index contributed by atoms with van der Waals surface area (Å²) in [5.74, 6) is -0.604. The predicted octanol–water partition coefficient (Wildman–Crippen LogP) is 5.05. The van der Waals surface area contributed by atoms with Crippen LogP contribution in [0.3, 0.4) is 0 Å². The van der Waals surface area contributed by atoms with Crippen molar-refractivity contribution in [3.8, 4) is 11.1 Å². The summed E-state index contributed by atoms with van der Waals surface area (Å²) in [5.41, 5.74) is 5.48. The van der Waals surface area contributed by atoms with Gasteiger partial charge in [-0.2, -0.15) is 0 Å². The molecule has 178 valence electrons. The fourth-order valence-electron chi connectivity index (χ4n) is 4.25. The third-order valence-electron chi connectivity index (χ3n) is 6.01. The van der Waals surface area contributed by atoms with Gasteiger partial charge < -0.3 is 15.0 Å². The maximum Gasteiger partial charge on any atom is 0.337 e. The minimum absolute atomic E-state index is 0.0796. The quantitative estimate of drug-likeness (QED) is 0.216. The lowest BCUT2D eigenvalue weighted by Crippen LogP contribution is -2.15. The molecule has 1 amide bonds. The number of hydrogen-bond donors (Lipinski definition) is 2. The molecule has 9 heteroatoms. The number of H-pyrrole nitrogens is 1. The maximum atomic E-state index is 13.0. The van der Waals surface area contributed by atoms with Gasteiger partial charge >= 0.3 is 5.97 Å². The smallest absolute Gasteiger partial charge is 0.337 e. The van der Waals surface area contributed by atoms with Gasteiger partial charge in [0.05, 0.1) is 23.8 Å². The minimum atomic E-state index is -0.438. The number of benzene rings is 2. The summed E-state index contributed by atoms with van der Waals surface area (Å²) in [6.45, 7) is 0. The van der Waals surface area contributed by atoms with E-state index in [1.54, 1.807) is 24.3 Å². The van der Waals surface area contributed by atoms with E-state index in [4.69, 9.17) is 0 Å². The summed E-state index contributed by atoms with van der Waals surface area (Å²) in [7, 11) is 1.32. The molecule has 2 N–H and O–H groups in total. The van der Waals surface area contributed by atoms with Crippen molar-refractivity contribution in [3.63, 3.8) is 0 Å². The minimum Gasteiger partial charge on any atom is -0.465 e. The molecular formula is C26H23N3O4S2. The highest BCUT2D eigenvalue weighted by molar-refractivity contribution is 7.99. The summed E-state index contributed by atoms with van der Waals surface area (Å²) in [6.07, 6.45) is 4.64. The van der Waals surface area contributed by atoms with Crippen molar-refractivity contribution in [2.45, 2.75) is 30.8 Å². The van der Waals surface area contributed by atoms with Crippen LogP contribution >= 0.6 is 23.1 Å². The average molecular weight is 506 g/mol. The number of carbonyl (C=O) groups is 2. The number of ether oxygens (including phenoxy) is 1. The Bertz CT molecular complexity index is 1470. The normalized spacial score (nSPS) is 12.8. The van der Waals surface area contributed by atoms with E-state index in [-0.39, 0.29) is 17.2 Å². The molecule has 0 aliphatic heterocycles. The molecule has 35 heavy (non-hydrogen) atoms. The summed E-state index contributed by atoms with van der Waals surface area (Å²) >= 11 is 2.60. The zero-order valence-electron chi connectivity index (χ0n) is 19.1. The third-order valence-corrected chi connectivity index (χ3v) is 7.76. The Morgan fingerprint density at radius 2 is 1.89 bits per heavy atom. The molecule has 0 spiro atoms. The van der Waals surface area contributed by atoms with Crippen LogP contribution in [0.2, 0.25) is 0 Å². The highest BCUT2D eigenvalue weighted by atomic mass is 32.2. The van der Waals surface area contributed by atoms with E-state index < -0.39 is 5.97 Å². The number of thioether (sulfide) groups is 1. The molecule has 0 saturated carbocycles. The largest absolute Gasteiger partial charge is 0.465 e. The standard InChI is InChI=1S/C26H23N3O4S2/c1-33-25(32)16-8-10-19(11-9-16)27-21(30)14-35-26-28-23(31)22-20(13-34-24(22)29-26)18-7-6-15-4-2-3-5-17(15)12-18/h6-13H,2-5,14H2,1H3,(H,27,30)(H,28,29,31). The molecule has 5 rings (SSSR count). The van der Waals surface area contributed by atoms with E-state index in [0.29, 0.717) is 26.6 Å². The van der Waals surface area contributed by atoms with Crippen molar-refractivity contribution in [1.82, 2.24) is 9.97 Å². The second kappa shape index (κ2) is 10.1. The lowest BCUT2D eigenvalue weighted by Gasteiger charge is -2.16. The van der Waals surface area contributed by atoms with Crippen molar-refractivity contribution in [3.05, 3.63) is 74.9 Å². The predicted molar refractivity (Wildman–Crippen MR) is 139 cm³/mol. The number of rotatable bonds is 6. The van der Waals surface area contributed by atoms with Gasteiger partial charge in [0.1, 0.15) is 4.83 Å². The number of fused-ring (bicyclic) bond motifs is 2. The highest BCUT2D eigenvalue weighted by Gasteiger charge is 2.16. The highest BCUT2D eigenvalue weighted by Crippen LogP contribution is 2.34. The summed E-state index contributed by atoms with van der Waals surface area (Å²) in [4.78, 5) is 44.9. The first-order valence-electron chi connectivity index (χ1n) is 11.3. The molecule has 2 aromatic heterocycles. The number of esters is 1. The maximum absolute atomic E-state index is 13.0. The summed E-state index contributed by atoms with van der Waals surface area (Å²) in [5, 5.41) is 5.74. The number of aromatic nitrogens is 2. The van der Waals surface area contributed by atoms with Crippen LogP contribution in [0.4, 0.5) is 5.69 Å². The molecule has 2 aromatic carbocycles. The number of aromatic amines is 1. The molecule has 0 radical (unpaired) electrons. The molecule has 0 atom stereocenters. The first kappa shape index (κ1) is 23.3. The summed E-state index contributed by atoms with van der Waals surface area (Å²) < 4.78 is 4.67. The van der Waals surface area contributed by atoms with E-state index >= 15 is 0 Å². The van der Waals surface area contributed by atoms with Gasteiger partial charge in [0.25, 0.3) is 5.56 Å². The Labute approximate surface area is 209 Å². The Morgan fingerprint density at radius 3 is 2.66 bits per heavy atom. The van der Waals surface area contributed by atoms with Gasteiger partial charge in [0.15, 0.2) is 5.16 Å². The van der Waals surface area contributed by atoms with E-state index in [9.17, 15) is 14.4 Å². The molecule has 7 nitrogen and oxygen atoms in total. The van der Waals surface area contributed by atoms with Crippen molar-refractivity contribution in [2.24, 2.45) is 0 Å². The molecule has 2 heterocycles. The third kappa shape index (κ3) is 5.01. The van der Waals surface area contributed by atoms with E-state index in [1.165, 1.54) is 54.2 Å². The number of amides is 1. The van der Waals surface area contributed by atoms with Crippen LogP contribution in [0.5, 0.6) is 0 Å². The van der Waals surface area contributed by atoms with Crippen LogP contribution in [0, 0.1) is 0 Å². The zero-order chi connectivity index (χ0) is 24.4. The van der Waals surface area contributed by atoms with Gasteiger partial charge in [-0.25, -0.2) is 9.78 Å². The first-order valence-corrected chi connectivity index (χ1v) is 13.1. The second-order valence-electron chi connectivity index (χ2n) is 8.30. The van der Waals surface area contributed by atoms with E-state index in [0.717, 1.165) is 24.0 Å². The lowest BCUT2D eigenvalue weighted by atomic mass is 9.89. The number of methoxy groups -OCH3 is 1. The Morgan fingerprint density at radius 1 is 1.11 bits per heavy atom. The van der Waals surface area contributed by atoms with Gasteiger partial charge in [0, 0.05) is 16.6 Å². The number of nitrogens with zero attached hydrogens (tertiary/aromatic N) is 1. The van der Waals surface area contributed by atoms with Crippen molar-refractivity contribution in [2.75, 3.05) is 18.2 Å². The molecule has 4 aromatic rings. The fraction of sp³-hybridized carbons (Fsp3) is 0.231. The molecule has 0 unspecified atom stereocenters. The van der Waals surface area contributed by atoms with E-state index in [1.807, 2.05) is 5.38 Å². The molecular weight excluding hydrogens is 482 g/mol. The van der Waals surface area contributed by atoms with Crippen molar-refractivity contribution >= 4 is 50.9 Å². The average Bonchev–Trinajstić information content (AvgIpc) is 3.32. The second-order valence-corrected chi connectivity index (χ2v) is 10.1. The lowest BCUT2D eigenvalue weighted by molar-refractivity contribution is -0.113. The number of anilines is 1. The van der Waals surface area contributed by atoms with Gasteiger partial charge in [-0.15, -0.1) is 11.3 Å². The molecule has 1 aliphatic carbocycles. The number of carbonyl (C=O) groups excluding carboxylic acids is 2. The van der Waals surface area contributed by atoms with E-state index in [2.05, 4.69) is 38.2 Å². The first-order chi connectivity index (χ1) is 17.0. The molecule has 1 aliphatic rings. The topological polar surface area (TPSA) is 101 Å². The Kier molecular flexibility index (Phi) is 6.70. The number of hydrogen-bond acceptors (Lipinski definition) is 7. The fourth-order valence-corrected chi connectivity index (χ4v) is 5.92. The number of thiophene rings is 1. The number of aryl methyl sites for hydroxylation is 2. The van der Waals surface area contributed by atoms with Crippen LogP contribution in [-0.4, -0.2) is 34.7 Å². The Hall–Kier alpha value is -3.43. The molecule has 0 bridgehead atoms. The van der Waals surface area contributed by atoms with Gasteiger partial charge in [0.2, 0.25) is 5.91 Å². The van der Waals surface area contributed by atoms with Crippen LogP contribution < -0.4 is 10.9 Å². The molecule has 0 fully saturated rings. The van der Waals surface area contributed by atoms with Crippen LogP contribution in [0.25, 0.3) is 21.3 Å². The monoisotopic (exact) mass is 505 g/mol. The summed E-state index contributed by atoms with van der Waals surface area (Å²) in [6, 6.07) is 12.9. The van der Waals surface area contributed by atoms with Gasteiger partial charge in [-0.1, -0.05) is 30.0 Å². The van der Waals surface area contributed by atoms with Crippen molar-refractivity contribution < 1.29 is 14.3 Å².